The molecule has 0 aliphatic heterocycles. The van der Waals surface area contributed by atoms with Crippen LogP contribution >= 0.6 is 15.9 Å². The third-order valence-corrected chi connectivity index (χ3v) is 3.40. The van der Waals surface area contributed by atoms with Gasteiger partial charge in [0.25, 0.3) is 5.91 Å². The smallest absolute Gasteiger partial charge is 0.258 e. The summed E-state index contributed by atoms with van der Waals surface area (Å²) in [6.45, 7) is 0. The Morgan fingerprint density at radius 1 is 1.14 bits per heavy atom. The van der Waals surface area contributed by atoms with Crippen LogP contribution in [0.2, 0.25) is 0 Å². The first-order chi connectivity index (χ1) is 9.97. The molecule has 2 aromatic carbocycles. The van der Waals surface area contributed by atoms with E-state index in [1.54, 1.807) is 30.3 Å². The number of carbonyl (C=O) groups is 2. The molecule has 6 heteroatoms. The van der Waals surface area contributed by atoms with Crippen molar-refractivity contribution in [3.8, 4) is 0 Å². The molecule has 108 valence electrons. The average Bonchev–Trinajstić information content (AvgIpc) is 2.43. The molecule has 2 aromatic rings. The lowest BCUT2D eigenvalue weighted by molar-refractivity contribution is -0.117. The summed E-state index contributed by atoms with van der Waals surface area (Å²) in [5.41, 5.74) is 6.30. The van der Waals surface area contributed by atoms with Gasteiger partial charge in [0.1, 0.15) is 5.82 Å². The van der Waals surface area contributed by atoms with Crippen molar-refractivity contribution in [1.29, 1.82) is 0 Å². The molecule has 0 spiro atoms. The van der Waals surface area contributed by atoms with Crippen molar-refractivity contribution < 1.29 is 14.0 Å². The number of nitrogens with two attached hydrogens (primary N) is 1. The number of carbonyl (C=O) groups excluding carboxylic acids is 2. The van der Waals surface area contributed by atoms with Gasteiger partial charge in [-0.25, -0.2) is 4.39 Å². The minimum atomic E-state index is -0.611. The molecule has 0 fully saturated rings. The molecule has 2 rings (SSSR count). The van der Waals surface area contributed by atoms with Crippen LogP contribution < -0.4 is 11.1 Å². The van der Waals surface area contributed by atoms with Crippen LogP contribution in [0.5, 0.6) is 0 Å². The fourth-order valence-electron chi connectivity index (χ4n) is 1.78. The van der Waals surface area contributed by atoms with Crippen LogP contribution in [0.3, 0.4) is 0 Å². The molecule has 0 bridgehead atoms. The standard InChI is InChI=1S/C15H12BrFN2O2/c16-12-3-1-2-11(14(12)17)15(21)19-10-6-4-9(5-7-10)8-13(18)20/h1-7H,8H2,(H2,18,20)(H,19,21). The maximum Gasteiger partial charge on any atom is 0.258 e. The Morgan fingerprint density at radius 3 is 2.43 bits per heavy atom. The molecule has 21 heavy (non-hydrogen) atoms. The van der Waals surface area contributed by atoms with Crippen molar-refractivity contribution in [3.63, 3.8) is 0 Å². The molecule has 0 aliphatic carbocycles. The highest BCUT2D eigenvalue weighted by Gasteiger charge is 2.13. The first-order valence-corrected chi connectivity index (χ1v) is 6.89. The predicted molar refractivity (Wildman–Crippen MR) is 81.4 cm³/mol. The monoisotopic (exact) mass is 350 g/mol. The highest BCUT2D eigenvalue weighted by atomic mass is 79.9. The highest BCUT2D eigenvalue weighted by molar-refractivity contribution is 9.10. The molecule has 0 radical (unpaired) electrons. The molecular formula is C15H12BrFN2O2. The van der Waals surface area contributed by atoms with E-state index < -0.39 is 17.6 Å². The van der Waals surface area contributed by atoms with Crippen LogP contribution in [0.1, 0.15) is 15.9 Å². The third-order valence-electron chi connectivity index (χ3n) is 2.79. The van der Waals surface area contributed by atoms with Crippen LogP contribution in [0, 0.1) is 5.82 Å². The van der Waals surface area contributed by atoms with Gasteiger partial charge in [-0.1, -0.05) is 18.2 Å². The van der Waals surface area contributed by atoms with Crippen LogP contribution in [0.15, 0.2) is 46.9 Å². The van der Waals surface area contributed by atoms with E-state index in [9.17, 15) is 14.0 Å². The number of hydrogen-bond donors (Lipinski definition) is 2. The molecule has 2 amide bonds. The Bertz CT molecular complexity index is 687. The zero-order valence-electron chi connectivity index (χ0n) is 10.9. The van der Waals surface area contributed by atoms with E-state index >= 15 is 0 Å². The lowest BCUT2D eigenvalue weighted by Gasteiger charge is -2.07. The molecule has 0 saturated carbocycles. The predicted octanol–water partition coefficient (Wildman–Crippen LogP) is 2.87. The highest BCUT2D eigenvalue weighted by Crippen LogP contribution is 2.20. The number of halogens is 2. The lowest BCUT2D eigenvalue weighted by Crippen LogP contribution is -2.15. The number of anilines is 1. The second-order valence-corrected chi connectivity index (χ2v) is 5.25. The number of primary amides is 1. The quantitative estimate of drug-likeness (QED) is 0.889. The zero-order chi connectivity index (χ0) is 15.4. The minimum Gasteiger partial charge on any atom is -0.369 e. The van der Waals surface area contributed by atoms with Gasteiger partial charge in [0.2, 0.25) is 5.91 Å². The van der Waals surface area contributed by atoms with Crippen LogP contribution in [-0.4, -0.2) is 11.8 Å². The average molecular weight is 351 g/mol. The van der Waals surface area contributed by atoms with Crippen LogP contribution in [-0.2, 0) is 11.2 Å². The van der Waals surface area contributed by atoms with E-state index in [0.717, 1.165) is 5.56 Å². The maximum atomic E-state index is 13.8. The van der Waals surface area contributed by atoms with Gasteiger partial charge < -0.3 is 11.1 Å². The summed E-state index contributed by atoms with van der Waals surface area (Å²) in [4.78, 5) is 22.8. The largest absolute Gasteiger partial charge is 0.369 e. The van der Waals surface area contributed by atoms with E-state index in [1.807, 2.05) is 0 Å². The number of hydrogen-bond acceptors (Lipinski definition) is 2. The summed E-state index contributed by atoms with van der Waals surface area (Å²) in [6.07, 6.45) is 0.133. The van der Waals surface area contributed by atoms with Gasteiger partial charge in [-0.2, -0.15) is 0 Å². The fourth-order valence-corrected chi connectivity index (χ4v) is 2.15. The fraction of sp³-hybridized carbons (Fsp3) is 0.0667. The van der Waals surface area contributed by atoms with Crippen molar-refractivity contribution in [2.24, 2.45) is 5.73 Å². The number of rotatable bonds is 4. The Morgan fingerprint density at radius 2 is 1.81 bits per heavy atom. The SMILES string of the molecule is NC(=O)Cc1ccc(NC(=O)c2cccc(Br)c2F)cc1. The zero-order valence-corrected chi connectivity index (χ0v) is 12.5. The first kappa shape index (κ1) is 15.2. The van der Waals surface area contributed by atoms with Gasteiger partial charge >= 0.3 is 0 Å². The molecule has 0 saturated heterocycles. The molecule has 0 unspecified atom stereocenters. The van der Waals surface area contributed by atoms with Crippen LogP contribution in [0.25, 0.3) is 0 Å². The van der Waals surface area contributed by atoms with Gasteiger partial charge in [-0.3, -0.25) is 9.59 Å². The number of nitrogens with one attached hydrogen (secondary N) is 1. The van der Waals surface area contributed by atoms with Gasteiger partial charge in [0.15, 0.2) is 0 Å². The summed E-state index contributed by atoms with van der Waals surface area (Å²) in [5, 5.41) is 2.59. The van der Waals surface area contributed by atoms with Crippen molar-refractivity contribution in [1.82, 2.24) is 0 Å². The van der Waals surface area contributed by atoms with Crippen molar-refractivity contribution in [3.05, 3.63) is 63.9 Å². The molecule has 3 N–H and O–H groups in total. The summed E-state index contributed by atoms with van der Waals surface area (Å²) in [5.74, 6) is -1.58. The summed E-state index contributed by atoms with van der Waals surface area (Å²) in [7, 11) is 0. The van der Waals surface area contributed by atoms with Crippen molar-refractivity contribution >= 4 is 33.4 Å². The van der Waals surface area contributed by atoms with Gasteiger partial charge in [0, 0.05) is 5.69 Å². The molecule has 0 atom stereocenters. The van der Waals surface area contributed by atoms with Gasteiger partial charge in [-0.15, -0.1) is 0 Å². The molecular weight excluding hydrogens is 339 g/mol. The summed E-state index contributed by atoms with van der Waals surface area (Å²) >= 11 is 3.03. The third kappa shape index (κ3) is 3.88. The van der Waals surface area contributed by atoms with Crippen molar-refractivity contribution in [2.45, 2.75) is 6.42 Å². The first-order valence-electron chi connectivity index (χ1n) is 6.10. The summed E-state index contributed by atoms with van der Waals surface area (Å²) in [6, 6.07) is 11.1. The van der Waals surface area contributed by atoms with E-state index in [1.165, 1.54) is 12.1 Å². The van der Waals surface area contributed by atoms with Gasteiger partial charge in [0.05, 0.1) is 16.5 Å². The molecule has 0 heterocycles. The second kappa shape index (κ2) is 6.49. The Hall–Kier alpha value is -2.21. The van der Waals surface area contributed by atoms with E-state index in [0.29, 0.717) is 5.69 Å². The Balaban J connectivity index is 2.12. The van der Waals surface area contributed by atoms with E-state index in [-0.39, 0.29) is 16.5 Å². The summed E-state index contributed by atoms with van der Waals surface area (Å²) < 4.78 is 14.0. The maximum absolute atomic E-state index is 13.8. The lowest BCUT2D eigenvalue weighted by atomic mass is 10.1. The van der Waals surface area contributed by atoms with E-state index in [2.05, 4.69) is 21.2 Å². The molecule has 0 aliphatic rings. The molecule has 0 aromatic heterocycles. The normalized spacial score (nSPS) is 10.2. The topological polar surface area (TPSA) is 72.2 Å². The van der Waals surface area contributed by atoms with Crippen LogP contribution in [0.4, 0.5) is 10.1 Å². The Labute approximate surface area is 129 Å². The second-order valence-electron chi connectivity index (χ2n) is 4.40. The number of amides is 2. The number of benzene rings is 2. The van der Waals surface area contributed by atoms with Crippen molar-refractivity contribution in [2.75, 3.05) is 5.32 Å². The van der Waals surface area contributed by atoms with E-state index in [4.69, 9.17) is 5.73 Å². The Kier molecular flexibility index (Phi) is 4.70. The van der Waals surface area contributed by atoms with Gasteiger partial charge in [-0.05, 0) is 45.8 Å². The minimum absolute atomic E-state index is 0.0504. The molecule has 4 nitrogen and oxygen atoms in total.